The van der Waals surface area contributed by atoms with Crippen LogP contribution in [0.3, 0.4) is 0 Å². The van der Waals surface area contributed by atoms with Crippen LogP contribution in [0.5, 0.6) is 0 Å². The second-order valence-electron chi connectivity index (χ2n) is 7.93. The summed E-state index contributed by atoms with van der Waals surface area (Å²) in [7, 11) is 0. The largest absolute Gasteiger partial charge is 0.376 e. The quantitative estimate of drug-likeness (QED) is 0.618. The summed E-state index contributed by atoms with van der Waals surface area (Å²) in [5.41, 5.74) is 4.38. The Morgan fingerprint density at radius 1 is 0.933 bits per heavy atom. The molecule has 4 heteroatoms. The predicted octanol–water partition coefficient (Wildman–Crippen LogP) is 5.20. The van der Waals surface area contributed by atoms with Gasteiger partial charge in [-0.1, -0.05) is 42.5 Å². The zero-order valence-corrected chi connectivity index (χ0v) is 16.9. The van der Waals surface area contributed by atoms with E-state index in [1.54, 1.807) is 12.1 Å². The van der Waals surface area contributed by atoms with Crippen molar-refractivity contribution in [3.05, 3.63) is 95.3 Å². The van der Waals surface area contributed by atoms with E-state index in [0.29, 0.717) is 18.8 Å². The predicted molar refractivity (Wildman–Crippen MR) is 116 cm³/mol. The molecule has 1 aliphatic rings. The molecule has 152 valence electrons. The molecule has 30 heavy (non-hydrogen) atoms. The molecule has 0 amide bonds. The molecule has 0 radical (unpaired) electrons. The van der Waals surface area contributed by atoms with Crippen molar-refractivity contribution in [2.24, 2.45) is 0 Å². The van der Waals surface area contributed by atoms with Crippen LogP contribution in [0, 0.1) is 17.1 Å². The molecule has 0 saturated carbocycles. The van der Waals surface area contributed by atoms with E-state index in [1.165, 1.54) is 17.7 Å². The lowest BCUT2D eigenvalue weighted by atomic mass is 9.74. The summed E-state index contributed by atoms with van der Waals surface area (Å²) < 4.78 is 20.4. The van der Waals surface area contributed by atoms with Crippen molar-refractivity contribution in [1.29, 1.82) is 5.26 Å². The molecule has 3 aromatic rings. The first-order valence-corrected chi connectivity index (χ1v) is 10.3. The SMILES string of the molecule is N#Cc1ccc(-c2cc(F)cc(COCC3(c4ccccc4)CCNCC3)c2)cc1. The number of hydrogen-bond acceptors (Lipinski definition) is 3. The molecule has 0 aromatic heterocycles. The summed E-state index contributed by atoms with van der Waals surface area (Å²) in [6.45, 7) is 2.92. The van der Waals surface area contributed by atoms with Crippen molar-refractivity contribution >= 4 is 0 Å². The zero-order valence-electron chi connectivity index (χ0n) is 16.9. The average molecular weight is 400 g/mol. The monoisotopic (exact) mass is 400 g/mol. The molecule has 1 saturated heterocycles. The standard InChI is InChI=1S/C26H25FN2O/c27-25-15-21(14-23(16-25)22-8-6-20(17-28)7-9-22)18-30-19-26(10-12-29-13-11-26)24-4-2-1-3-5-24/h1-9,14-16,29H,10-13,18-19H2. The van der Waals surface area contributed by atoms with Gasteiger partial charge in [0.2, 0.25) is 0 Å². The number of benzene rings is 3. The van der Waals surface area contributed by atoms with Gasteiger partial charge in [-0.15, -0.1) is 0 Å². The fraction of sp³-hybridized carbons (Fsp3) is 0.269. The lowest BCUT2D eigenvalue weighted by Crippen LogP contribution is -2.43. The first kappa shape index (κ1) is 20.3. The maximum atomic E-state index is 14.3. The molecule has 1 aliphatic heterocycles. The van der Waals surface area contributed by atoms with Crippen LogP contribution in [0.2, 0.25) is 0 Å². The fourth-order valence-corrected chi connectivity index (χ4v) is 4.22. The second-order valence-corrected chi connectivity index (χ2v) is 7.93. The Labute approximate surface area is 177 Å². The van der Waals surface area contributed by atoms with Crippen LogP contribution in [0.25, 0.3) is 11.1 Å². The zero-order chi connectivity index (χ0) is 20.8. The Morgan fingerprint density at radius 3 is 2.37 bits per heavy atom. The van der Waals surface area contributed by atoms with Crippen LogP contribution >= 0.6 is 0 Å². The highest BCUT2D eigenvalue weighted by Crippen LogP contribution is 2.34. The van der Waals surface area contributed by atoms with E-state index in [4.69, 9.17) is 10.00 Å². The second kappa shape index (κ2) is 9.21. The van der Waals surface area contributed by atoms with Crippen LogP contribution in [0.4, 0.5) is 4.39 Å². The Bertz CT molecular complexity index is 1020. The molecule has 0 spiro atoms. The number of nitriles is 1. The van der Waals surface area contributed by atoms with Gasteiger partial charge in [-0.2, -0.15) is 5.26 Å². The number of halogens is 1. The van der Waals surface area contributed by atoms with Gasteiger partial charge in [-0.05, 0) is 78.5 Å². The summed E-state index contributed by atoms with van der Waals surface area (Å²) >= 11 is 0. The van der Waals surface area contributed by atoms with Crippen LogP contribution in [0.1, 0.15) is 29.5 Å². The van der Waals surface area contributed by atoms with Crippen molar-refractivity contribution in [2.45, 2.75) is 24.9 Å². The summed E-state index contributed by atoms with van der Waals surface area (Å²) in [5.74, 6) is -0.282. The van der Waals surface area contributed by atoms with E-state index < -0.39 is 0 Å². The van der Waals surface area contributed by atoms with Crippen molar-refractivity contribution < 1.29 is 9.13 Å². The number of nitrogens with zero attached hydrogens (tertiary/aromatic N) is 1. The molecule has 0 unspecified atom stereocenters. The van der Waals surface area contributed by atoms with Crippen molar-refractivity contribution in [1.82, 2.24) is 5.32 Å². The van der Waals surface area contributed by atoms with Crippen molar-refractivity contribution in [3.8, 4) is 17.2 Å². The van der Waals surface area contributed by atoms with E-state index in [9.17, 15) is 4.39 Å². The highest BCUT2D eigenvalue weighted by atomic mass is 19.1. The lowest BCUT2D eigenvalue weighted by molar-refractivity contribution is 0.0564. The molecule has 3 aromatic carbocycles. The van der Waals surface area contributed by atoms with Gasteiger partial charge in [-0.3, -0.25) is 0 Å². The highest BCUT2D eigenvalue weighted by Gasteiger charge is 2.34. The number of ether oxygens (including phenoxy) is 1. The Balaban J connectivity index is 1.49. The smallest absolute Gasteiger partial charge is 0.124 e. The van der Waals surface area contributed by atoms with E-state index in [2.05, 4.69) is 35.7 Å². The third-order valence-electron chi connectivity index (χ3n) is 5.90. The van der Waals surface area contributed by atoms with Gasteiger partial charge in [0.15, 0.2) is 0 Å². The molecule has 3 nitrogen and oxygen atoms in total. The summed E-state index contributed by atoms with van der Waals surface area (Å²) in [6.07, 6.45) is 2.05. The molecule has 1 N–H and O–H groups in total. The van der Waals surface area contributed by atoms with Gasteiger partial charge in [0.1, 0.15) is 5.82 Å². The van der Waals surface area contributed by atoms with E-state index in [-0.39, 0.29) is 11.2 Å². The minimum atomic E-state index is -0.282. The first-order chi connectivity index (χ1) is 14.7. The number of nitrogens with one attached hydrogen (secondary N) is 1. The molecule has 0 bridgehead atoms. The molecular formula is C26H25FN2O. The van der Waals surface area contributed by atoms with Gasteiger partial charge in [0.05, 0.1) is 24.8 Å². The summed E-state index contributed by atoms with van der Waals surface area (Å²) in [4.78, 5) is 0. The van der Waals surface area contributed by atoms with Crippen LogP contribution in [-0.4, -0.2) is 19.7 Å². The highest BCUT2D eigenvalue weighted by molar-refractivity contribution is 5.65. The molecule has 1 fully saturated rings. The fourth-order valence-electron chi connectivity index (χ4n) is 4.22. The van der Waals surface area contributed by atoms with Gasteiger partial charge in [0, 0.05) is 5.41 Å². The van der Waals surface area contributed by atoms with Crippen molar-refractivity contribution in [2.75, 3.05) is 19.7 Å². The van der Waals surface area contributed by atoms with E-state index >= 15 is 0 Å². The third-order valence-corrected chi connectivity index (χ3v) is 5.90. The Hall–Kier alpha value is -3.00. The molecular weight excluding hydrogens is 375 g/mol. The van der Waals surface area contributed by atoms with Crippen LogP contribution < -0.4 is 5.32 Å². The van der Waals surface area contributed by atoms with Crippen LogP contribution in [0.15, 0.2) is 72.8 Å². The minimum absolute atomic E-state index is 0.00418. The maximum absolute atomic E-state index is 14.3. The molecule has 0 atom stereocenters. The number of rotatable bonds is 6. The van der Waals surface area contributed by atoms with Gasteiger partial charge < -0.3 is 10.1 Å². The van der Waals surface area contributed by atoms with E-state index in [0.717, 1.165) is 42.6 Å². The maximum Gasteiger partial charge on any atom is 0.124 e. The van der Waals surface area contributed by atoms with Gasteiger partial charge in [0.25, 0.3) is 0 Å². The first-order valence-electron chi connectivity index (χ1n) is 10.3. The Morgan fingerprint density at radius 2 is 1.67 bits per heavy atom. The van der Waals surface area contributed by atoms with Gasteiger partial charge in [-0.25, -0.2) is 4.39 Å². The van der Waals surface area contributed by atoms with Gasteiger partial charge >= 0.3 is 0 Å². The normalized spacial score (nSPS) is 15.5. The summed E-state index contributed by atoms with van der Waals surface area (Å²) in [6, 6.07) is 24.9. The van der Waals surface area contributed by atoms with E-state index in [1.807, 2.05) is 24.3 Å². The molecule has 1 heterocycles. The average Bonchev–Trinajstić information content (AvgIpc) is 2.80. The Kier molecular flexibility index (Phi) is 6.23. The molecule has 0 aliphatic carbocycles. The molecule has 4 rings (SSSR count). The minimum Gasteiger partial charge on any atom is -0.376 e. The van der Waals surface area contributed by atoms with Crippen molar-refractivity contribution in [3.63, 3.8) is 0 Å². The lowest BCUT2D eigenvalue weighted by Gasteiger charge is -2.38. The topological polar surface area (TPSA) is 45.0 Å². The number of hydrogen-bond donors (Lipinski definition) is 1. The van der Waals surface area contributed by atoms with Crippen LogP contribution in [-0.2, 0) is 16.8 Å². The number of piperidine rings is 1. The third kappa shape index (κ3) is 4.59. The summed E-state index contributed by atoms with van der Waals surface area (Å²) in [5, 5.41) is 12.4.